The normalized spacial score (nSPS) is 14.1. The van der Waals surface area contributed by atoms with Gasteiger partial charge in [0.25, 0.3) is 11.8 Å². The third-order valence-electron chi connectivity index (χ3n) is 3.76. The molecule has 4 heterocycles. The van der Waals surface area contributed by atoms with Crippen molar-refractivity contribution < 1.29 is 14.3 Å². The molecule has 0 bridgehead atoms. The van der Waals surface area contributed by atoms with Gasteiger partial charge in [-0.2, -0.15) is 0 Å². The molecule has 27 heavy (non-hydrogen) atoms. The number of hydrazine groups is 1. The minimum atomic E-state index is -0.456. The Morgan fingerprint density at radius 3 is 2.74 bits per heavy atom. The smallest absolute Gasteiger partial charge is 0.289 e. The lowest BCUT2D eigenvalue weighted by molar-refractivity contribution is 0.0846. The number of carbonyl (C=O) groups excluding carboxylic acids is 2. The Bertz CT molecular complexity index is 931. The maximum atomic E-state index is 12.2. The van der Waals surface area contributed by atoms with Gasteiger partial charge >= 0.3 is 0 Å². The van der Waals surface area contributed by atoms with E-state index in [1.807, 2.05) is 17.5 Å². The van der Waals surface area contributed by atoms with Gasteiger partial charge in [0.15, 0.2) is 5.13 Å². The fourth-order valence-electron chi connectivity index (χ4n) is 2.40. The van der Waals surface area contributed by atoms with Crippen molar-refractivity contribution in [2.75, 3.05) is 31.2 Å². The second-order valence-corrected chi connectivity index (χ2v) is 8.34. The zero-order valence-electron chi connectivity index (χ0n) is 14.0. The van der Waals surface area contributed by atoms with Crippen LogP contribution in [-0.4, -0.2) is 48.1 Å². The molecule has 1 fully saturated rings. The number of nitrogens with zero attached hydrogens (tertiary/aromatic N) is 3. The van der Waals surface area contributed by atoms with Crippen LogP contribution in [0, 0.1) is 0 Å². The van der Waals surface area contributed by atoms with Crippen molar-refractivity contribution in [1.82, 2.24) is 20.8 Å². The van der Waals surface area contributed by atoms with Crippen LogP contribution in [0.15, 0.2) is 29.1 Å². The Morgan fingerprint density at radius 2 is 1.96 bits per heavy atom. The van der Waals surface area contributed by atoms with Gasteiger partial charge in [0.1, 0.15) is 15.6 Å². The first-order chi connectivity index (χ1) is 13.2. The standard InChI is InChI=1S/C16H15N5O3S3/c22-13(10-9-26-16(18-10)21-3-5-24-6-4-21)19-20-14(23)12-8-17-15(27-12)11-2-1-7-25-11/h1-2,7-9H,3-6H2,(H,19,22)(H,20,23). The topological polar surface area (TPSA) is 96.5 Å². The predicted molar refractivity (Wildman–Crippen MR) is 106 cm³/mol. The highest BCUT2D eigenvalue weighted by molar-refractivity contribution is 7.22. The van der Waals surface area contributed by atoms with E-state index in [1.165, 1.54) is 28.9 Å². The molecule has 11 heteroatoms. The van der Waals surface area contributed by atoms with Gasteiger partial charge in [-0.1, -0.05) is 6.07 Å². The lowest BCUT2D eigenvalue weighted by atomic mass is 10.4. The van der Waals surface area contributed by atoms with Crippen molar-refractivity contribution in [2.45, 2.75) is 0 Å². The van der Waals surface area contributed by atoms with Gasteiger partial charge in [-0.3, -0.25) is 20.4 Å². The monoisotopic (exact) mass is 421 g/mol. The maximum Gasteiger partial charge on any atom is 0.289 e. The van der Waals surface area contributed by atoms with Crippen LogP contribution < -0.4 is 15.8 Å². The molecule has 8 nitrogen and oxygen atoms in total. The fraction of sp³-hybridized carbons (Fsp3) is 0.250. The van der Waals surface area contributed by atoms with Crippen LogP contribution in [0.5, 0.6) is 0 Å². The Morgan fingerprint density at radius 1 is 1.15 bits per heavy atom. The predicted octanol–water partition coefficient (Wildman–Crippen LogP) is 2.24. The summed E-state index contributed by atoms with van der Waals surface area (Å²) in [5.41, 5.74) is 5.08. The molecular weight excluding hydrogens is 406 g/mol. The molecule has 0 saturated carbocycles. The second-order valence-electron chi connectivity index (χ2n) is 5.53. The summed E-state index contributed by atoms with van der Waals surface area (Å²) in [4.78, 5) is 36.5. The first-order valence-electron chi connectivity index (χ1n) is 8.09. The molecule has 0 atom stereocenters. The van der Waals surface area contributed by atoms with Gasteiger partial charge in [-0.25, -0.2) is 9.97 Å². The molecule has 2 N–H and O–H groups in total. The molecule has 140 valence electrons. The van der Waals surface area contributed by atoms with E-state index in [0.29, 0.717) is 18.1 Å². The number of aromatic nitrogens is 2. The highest BCUT2D eigenvalue weighted by Crippen LogP contribution is 2.28. The number of rotatable bonds is 4. The van der Waals surface area contributed by atoms with Crippen LogP contribution in [-0.2, 0) is 4.74 Å². The molecule has 4 rings (SSSR count). The van der Waals surface area contributed by atoms with Crippen LogP contribution >= 0.6 is 34.0 Å². The van der Waals surface area contributed by atoms with Crippen molar-refractivity contribution in [2.24, 2.45) is 0 Å². The maximum absolute atomic E-state index is 12.2. The van der Waals surface area contributed by atoms with Crippen LogP contribution in [0.1, 0.15) is 20.2 Å². The van der Waals surface area contributed by atoms with E-state index < -0.39 is 11.8 Å². The van der Waals surface area contributed by atoms with Crippen molar-refractivity contribution in [3.63, 3.8) is 0 Å². The molecule has 1 aliphatic rings. The van der Waals surface area contributed by atoms with Gasteiger partial charge in [-0.15, -0.1) is 34.0 Å². The van der Waals surface area contributed by atoms with E-state index in [2.05, 4.69) is 25.7 Å². The lowest BCUT2D eigenvalue weighted by Crippen LogP contribution is -2.41. The largest absolute Gasteiger partial charge is 0.378 e. The minimum absolute atomic E-state index is 0.269. The zero-order chi connectivity index (χ0) is 18.6. The van der Waals surface area contributed by atoms with E-state index in [0.717, 1.165) is 28.1 Å². The number of anilines is 1. The van der Waals surface area contributed by atoms with Crippen molar-refractivity contribution >= 4 is 51.0 Å². The number of ether oxygens (including phenoxy) is 1. The number of amides is 2. The van der Waals surface area contributed by atoms with E-state index >= 15 is 0 Å². The molecule has 1 saturated heterocycles. The van der Waals surface area contributed by atoms with Crippen LogP contribution in [0.25, 0.3) is 9.88 Å². The Balaban J connectivity index is 1.34. The quantitative estimate of drug-likeness (QED) is 0.627. The molecular formula is C16H15N5O3S3. The highest BCUT2D eigenvalue weighted by atomic mass is 32.1. The van der Waals surface area contributed by atoms with Crippen molar-refractivity contribution in [3.8, 4) is 9.88 Å². The van der Waals surface area contributed by atoms with Gasteiger partial charge in [0.2, 0.25) is 0 Å². The number of morpholine rings is 1. The van der Waals surface area contributed by atoms with E-state index in [9.17, 15) is 9.59 Å². The fourth-order valence-corrected chi connectivity index (χ4v) is 4.88. The van der Waals surface area contributed by atoms with E-state index in [-0.39, 0.29) is 5.69 Å². The first kappa shape index (κ1) is 18.0. The summed E-state index contributed by atoms with van der Waals surface area (Å²) in [6, 6.07) is 3.88. The molecule has 2 amide bonds. The SMILES string of the molecule is O=C(NNC(=O)c1cnc(-c2cccs2)s1)c1csc(N2CCOCC2)n1. The summed E-state index contributed by atoms with van der Waals surface area (Å²) in [5, 5.41) is 5.18. The summed E-state index contributed by atoms with van der Waals surface area (Å²) in [5.74, 6) is -0.866. The Labute approximate surface area is 166 Å². The number of hydrogen-bond acceptors (Lipinski definition) is 9. The summed E-state index contributed by atoms with van der Waals surface area (Å²) in [6.07, 6.45) is 1.50. The Hall–Kier alpha value is -2.34. The molecule has 0 radical (unpaired) electrons. The molecule has 3 aromatic heterocycles. The average molecular weight is 422 g/mol. The second kappa shape index (κ2) is 8.13. The third kappa shape index (κ3) is 4.16. The summed E-state index contributed by atoms with van der Waals surface area (Å²) < 4.78 is 5.31. The van der Waals surface area contributed by atoms with Crippen LogP contribution in [0.3, 0.4) is 0 Å². The summed E-state index contributed by atoms with van der Waals surface area (Å²) in [7, 11) is 0. The number of carbonyl (C=O) groups is 2. The van der Waals surface area contributed by atoms with E-state index in [4.69, 9.17) is 4.74 Å². The molecule has 3 aromatic rings. The molecule has 0 spiro atoms. The van der Waals surface area contributed by atoms with Crippen LogP contribution in [0.4, 0.5) is 5.13 Å². The van der Waals surface area contributed by atoms with Crippen molar-refractivity contribution in [1.29, 1.82) is 0 Å². The summed E-state index contributed by atoms with van der Waals surface area (Å²) >= 11 is 4.23. The zero-order valence-corrected chi connectivity index (χ0v) is 16.5. The lowest BCUT2D eigenvalue weighted by Gasteiger charge is -2.25. The molecule has 1 aliphatic heterocycles. The number of nitrogens with one attached hydrogen (secondary N) is 2. The molecule has 0 unspecified atom stereocenters. The molecule has 0 aliphatic carbocycles. The van der Waals surface area contributed by atoms with E-state index in [1.54, 1.807) is 16.7 Å². The number of thiophene rings is 1. The minimum Gasteiger partial charge on any atom is -0.378 e. The highest BCUT2D eigenvalue weighted by Gasteiger charge is 2.18. The van der Waals surface area contributed by atoms with Gasteiger partial charge in [0.05, 0.1) is 24.3 Å². The molecule has 0 aromatic carbocycles. The number of thiazole rings is 2. The first-order valence-corrected chi connectivity index (χ1v) is 10.7. The van der Waals surface area contributed by atoms with Crippen LogP contribution in [0.2, 0.25) is 0 Å². The van der Waals surface area contributed by atoms with Gasteiger partial charge in [-0.05, 0) is 11.4 Å². The van der Waals surface area contributed by atoms with Crippen molar-refractivity contribution in [3.05, 3.63) is 39.7 Å². The average Bonchev–Trinajstić information content (AvgIpc) is 3.47. The van der Waals surface area contributed by atoms with Gasteiger partial charge < -0.3 is 9.64 Å². The summed E-state index contributed by atoms with van der Waals surface area (Å²) in [6.45, 7) is 2.81. The van der Waals surface area contributed by atoms with Gasteiger partial charge in [0, 0.05) is 18.5 Å². The third-order valence-corrected chi connectivity index (χ3v) is 6.69. The number of hydrogen-bond donors (Lipinski definition) is 2. The Kier molecular flexibility index (Phi) is 5.43.